The van der Waals surface area contributed by atoms with Gasteiger partial charge in [0.25, 0.3) is 0 Å². The molecule has 4 heteroatoms. The van der Waals surface area contributed by atoms with Crippen molar-refractivity contribution in [3.63, 3.8) is 0 Å². The quantitative estimate of drug-likeness (QED) is 0.800. The summed E-state index contributed by atoms with van der Waals surface area (Å²) in [5.41, 5.74) is 2.15. The Morgan fingerprint density at radius 1 is 1.27 bits per heavy atom. The largest absolute Gasteiger partial charge is 0.444 e. The van der Waals surface area contributed by atoms with Crippen LogP contribution in [-0.4, -0.2) is 34.3 Å². The normalized spacial score (nSPS) is 18.9. The molecule has 1 saturated heterocycles. The molecule has 1 aliphatic rings. The van der Waals surface area contributed by atoms with E-state index in [-0.39, 0.29) is 6.09 Å². The van der Waals surface area contributed by atoms with E-state index in [2.05, 4.69) is 42.1 Å². The minimum absolute atomic E-state index is 0.199. The maximum absolute atomic E-state index is 12.2. The van der Waals surface area contributed by atoms with Crippen molar-refractivity contribution >= 4 is 17.0 Å². The number of likely N-dealkylation sites (tertiary alicyclic amines) is 1. The highest BCUT2D eigenvalue weighted by atomic mass is 16.6. The van der Waals surface area contributed by atoms with Gasteiger partial charge in [-0.15, -0.1) is 0 Å². The first-order valence-corrected chi connectivity index (χ1v) is 7.87. The van der Waals surface area contributed by atoms with Crippen LogP contribution in [0.1, 0.15) is 38.7 Å². The highest BCUT2D eigenvalue weighted by Gasteiger charge is 2.31. The molecule has 4 nitrogen and oxygen atoms in total. The van der Waals surface area contributed by atoms with Crippen LogP contribution in [0.4, 0.5) is 4.79 Å². The predicted octanol–water partition coefficient (Wildman–Crippen LogP) is 3.90. The van der Waals surface area contributed by atoms with Gasteiger partial charge in [0.1, 0.15) is 5.60 Å². The summed E-state index contributed by atoms with van der Waals surface area (Å²) in [5, 5.41) is 1.29. The van der Waals surface area contributed by atoms with Crippen LogP contribution < -0.4 is 0 Å². The van der Waals surface area contributed by atoms with E-state index in [9.17, 15) is 4.79 Å². The van der Waals surface area contributed by atoms with Gasteiger partial charge in [0.2, 0.25) is 0 Å². The van der Waals surface area contributed by atoms with Crippen molar-refractivity contribution in [2.45, 2.75) is 38.7 Å². The third-order valence-electron chi connectivity index (χ3n) is 4.21. The van der Waals surface area contributed by atoms with Crippen LogP contribution in [0, 0.1) is 0 Å². The summed E-state index contributed by atoms with van der Waals surface area (Å²) in [7, 11) is 2.08. The molecule has 3 rings (SSSR count). The minimum atomic E-state index is -0.436. The first kappa shape index (κ1) is 14.9. The van der Waals surface area contributed by atoms with Gasteiger partial charge < -0.3 is 14.2 Å². The number of aryl methyl sites for hydroxylation is 1. The molecule has 0 radical (unpaired) electrons. The van der Waals surface area contributed by atoms with E-state index in [1.54, 1.807) is 0 Å². The number of hydrogen-bond donors (Lipinski definition) is 0. The van der Waals surface area contributed by atoms with Crippen molar-refractivity contribution in [3.8, 4) is 0 Å². The van der Waals surface area contributed by atoms with Gasteiger partial charge in [-0.1, -0.05) is 18.2 Å². The van der Waals surface area contributed by atoms with Crippen LogP contribution in [0.15, 0.2) is 30.5 Å². The third kappa shape index (κ3) is 2.82. The summed E-state index contributed by atoms with van der Waals surface area (Å²) >= 11 is 0. The number of rotatable bonds is 1. The number of carbonyl (C=O) groups excluding carboxylic acids is 1. The molecule has 1 aliphatic heterocycles. The van der Waals surface area contributed by atoms with Crippen LogP contribution in [0.2, 0.25) is 0 Å². The van der Waals surface area contributed by atoms with Crippen LogP contribution in [0.5, 0.6) is 0 Å². The molecule has 0 aliphatic carbocycles. The van der Waals surface area contributed by atoms with Gasteiger partial charge in [0.05, 0.1) is 0 Å². The molecule has 2 heterocycles. The summed E-state index contributed by atoms with van der Waals surface area (Å²) in [6.07, 6.45) is 3.00. The molecule has 0 bridgehead atoms. The van der Waals surface area contributed by atoms with Gasteiger partial charge >= 0.3 is 6.09 Å². The van der Waals surface area contributed by atoms with Gasteiger partial charge in [-0.2, -0.15) is 0 Å². The molecule has 0 saturated carbocycles. The molecule has 1 aromatic heterocycles. The Balaban J connectivity index is 1.79. The molecule has 2 aromatic rings. The molecule has 0 spiro atoms. The zero-order valence-corrected chi connectivity index (χ0v) is 13.8. The monoisotopic (exact) mass is 300 g/mol. The lowest BCUT2D eigenvalue weighted by molar-refractivity contribution is 0.0292. The molecular weight excluding hydrogens is 276 g/mol. The summed E-state index contributed by atoms with van der Waals surface area (Å²) in [5.74, 6) is 0.388. The zero-order valence-electron chi connectivity index (χ0n) is 13.8. The Labute approximate surface area is 131 Å². The minimum Gasteiger partial charge on any atom is -0.444 e. The summed E-state index contributed by atoms with van der Waals surface area (Å²) in [6, 6.07) is 8.44. The Morgan fingerprint density at radius 2 is 2.00 bits per heavy atom. The lowest BCUT2D eigenvalue weighted by Crippen LogP contribution is -2.35. The van der Waals surface area contributed by atoms with Crippen LogP contribution in [-0.2, 0) is 11.8 Å². The standard InChI is InChI=1S/C18H24N2O2/c1-18(2,3)22-17(21)20-10-9-13(11-20)15-12-19(4)16-8-6-5-7-14(15)16/h5-8,12-13H,9-11H2,1-4H3. The van der Waals surface area contributed by atoms with Crippen molar-refractivity contribution in [3.05, 3.63) is 36.0 Å². The molecular formula is C18H24N2O2. The average molecular weight is 300 g/mol. The Hall–Kier alpha value is -1.97. The molecule has 1 fully saturated rings. The number of para-hydroxylation sites is 1. The number of amides is 1. The second kappa shape index (κ2) is 5.34. The summed E-state index contributed by atoms with van der Waals surface area (Å²) in [4.78, 5) is 14.0. The van der Waals surface area contributed by atoms with Crippen LogP contribution in [0.25, 0.3) is 10.9 Å². The molecule has 118 valence electrons. The van der Waals surface area contributed by atoms with Crippen molar-refractivity contribution in [1.29, 1.82) is 0 Å². The Kier molecular flexibility index (Phi) is 3.63. The van der Waals surface area contributed by atoms with Gasteiger partial charge in [-0.3, -0.25) is 0 Å². The number of hydrogen-bond acceptors (Lipinski definition) is 2. The highest BCUT2D eigenvalue weighted by molar-refractivity contribution is 5.84. The molecule has 1 amide bonds. The predicted molar refractivity (Wildman–Crippen MR) is 88.1 cm³/mol. The smallest absolute Gasteiger partial charge is 0.410 e. The molecule has 22 heavy (non-hydrogen) atoms. The van der Waals surface area contributed by atoms with Crippen LogP contribution >= 0.6 is 0 Å². The van der Waals surface area contributed by atoms with E-state index in [4.69, 9.17) is 4.74 Å². The van der Waals surface area contributed by atoms with E-state index in [1.165, 1.54) is 16.5 Å². The average Bonchev–Trinajstić information content (AvgIpc) is 3.03. The van der Waals surface area contributed by atoms with Crippen molar-refractivity contribution < 1.29 is 9.53 Å². The first-order valence-electron chi connectivity index (χ1n) is 7.87. The van der Waals surface area contributed by atoms with Crippen molar-refractivity contribution in [2.75, 3.05) is 13.1 Å². The van der Waals surface area contributed by atoms with Crippen LogP contribution in [0.3, 0.4) is 0 Å². The number of fused-ring (bicyclic) bond motifs is 1. The maximum Gasteiger partial charge on any atom is 0.410 e. The van der Waals surface area contributed by atoms with Gasteiger partial charge in [-0.25, -0.2) is 4.79 Å². The molecule has 1 unspecified atom stereocenters. The highest BCUT2D eigenvalue weighted by Crippen LogP contribution is 2.33. The Bertz CT molecular complexity index is 697. The van der Waals surface area contributed by atoms with E-state index in [0.29, 0.717) is 5.92 Å². The van der Waals surface area contributed by atoms with Gasteiger partial charge in [-0.05, 0) is 38.8 Å². The number of carbonyl (C=O) groups is 1. The fourth-order valence-electron chi connectivity index (χ4n) is 3.20. The number of nitrogens with zero attached hydrogens (tertiary/aromatic N) is 2. The SMILES string of the molecule is Cn1cc(C2CCN(C(=O)OC(C)(C)C)C2)c2ccccc21. The summed E-state index contributed by atoms with van der Waals surface area (Å²) in [6.45, 7) is 7.22. The van der Waals surface area contributed by atoms with Gasteiger partial charge in [0.15, 0.2) is 0 Å². The van der Waals surface area contributed by atoms with E-state index in [1.807, 2.05) is 25.7 Å². The lowest BCUT2D eigenvalue weighted by atomic mass is 9.98. The second-order valence-corrected chi connectivity index (χ2v) is 7.12. The van der Waals surface area contributed by atoms with Crippen molar-refractivity contribution in [2.24, 2.45) is 7.05 Å². The van der Waals surface area contributed by atoms with Gasteiger partial charge in [0, 0.05) is 43.2 Å². The zero-order chi connectivity index (χ0) is 15.9. The van der Waals surface area contributed by atoms with E-state index in [0.717, 1.165) is 19.5 Å². The molecule has 0 N–H and O–H groups in total. The van der Waals surface area contributed by atoms with E-state index < -0.39 is 5.60 Å². The third-order valence-corrected chi connectivity index (χ3v) is 4.21. The number of ether oxygens (including phenoxy) is 1. The second-order valence-electron chi connectivity index (χ2n) is 7.12. The maximum atomic E-state index is 12.2. The number of aromatic nitrogens is 1. The first-order chi connectivity index (χ1) is 10.3. The van der Waals surface area contributed by atoms with E-state index >= 15 is 0 Å². The molecule has 1 atom stereocenters. The molecule has 1 aromatic carbocycles. The Morgan fingerprint density at radius 3 is 2.73 bits per heavy atom. The fraction of sp³-hybridized carbons (Fsp3) is 0.500. The fourth-order valence-corrected chi connectivity index (χ4v) is 3.20. The summed E-state index contributed by atoms with van der Waals surface area (Å²) < 4.78 is 7.65. The lowest BCUT2D eigenvalue weighted by Gasteiger charge is -2.24. The van der Waals surface area contributed by atoms with Crippen molar-refractivity contribution in [1.82, 2.24) is 9.47 Å². The topological polar surface area (TPSA) is 34.5 Å². The number of benzene rings is 1.